The number of benzene rings is 2. The minimum atomic E-state index is -1.54. The van der Waals surface area contributed by atoms with E-state index in [9.17, 15) is 29.7 Å². The first-order valence-electron chi connectivity index (χ1n) is 14.2. The molecule has 0 saturated carbocycles. The lowest BCUT2D eigenvalue weighted by molar-refractivity contribution is -0.293. The molecule has 0 bridgehead atoms. The van der Waals surface area contributed by atoms with Gasteiger partial charge >= 0.3 is 11.9 Å². The zero-order chi connectivity index (χ0) is 33.3. The summed E-state index contributed by atoms with van der Waals surface area (Å²) in [5, 5.41) is 33.3. The number of ether oxygens (including phenoxy) is 6. The van der Waals surface area contributed by atoms with Crippen LogP contribution in [0, 0.1) is 0 Å². The van der Waals surface area contributed by atoms with E-state index in [4.69, 9.17) is 40.0 Å². The molecule has 5 atom stereocenters. The summed E-state index contributed by atoms with van der Waals surface area (Å²) in [6.07, 6.45) is -6.34. The van der Waals surface area contributed by atoms with Gasteiger partial charge in [0.1, 0.15) is 47.6 Å². The molecular weight excluding hydrogens is 614 g/mol. The number of aliphatic hydroxyl groups is 3. The second-order valence-corrected chi connectivity index (χ2v) is 11.7. The summed E-state index contributed by atoms with van der Waals surface area (Å²) in [5.74, 6) is -1.34. The third-order valence-corrected chi connectivity index (χ3v) is 6.88. The average molecular weight is 654 g/mol. The van der Waals surface area contributed by atoms with Crippen LogP contribution in [-0.2, 0) is 35.1 Å². The van der Waals surface area contributed by atoms with E-state index < -0.39 is 48.9 Å². The lowest BCUT2D eigenvalue weighted by Crippen LogP contribution is -2.60. The number of rotatable bonds is 13. The van der Waals surface area contributed by atoms with E-state index in [-0.39, 0.29) is 53.4 Å². The summed E-state index contributed by atoms with van der Waals surface area (Å²) in [7, 11) is 2.58. The van der Waals surface area contributed by atoms with E-state index in [1.165, 1.54) is 26.4 Å². The Kier molecular flexibility index (Phi) is 13.0. The van der Waals surface area contributed by atoms with Crippen LogP contribution in [0.1, 0.15) is 56.0 Å². The van der Waals surface area contributed by atoms with Gasteiger partial charge in [-0.05, 0) is 51.0 Å². The number of hydrogen-bond acceptors (Lipinski definition) is 12. The highest BCUT2D eigenvalue weighted by atomic mass is 35.5. The Morgan fingerprint density at radius 2 is 1.76 bits per heavy atom. The van der Waals surface area contributed by atoms with Crippen LogP contribution in [0.3, 0.4) is 0 Å². The van der Waals surface area contributed by atoms with Gasteiger partial charge in [-0.15, -0.1) is 0 Å². The number of hydrogen-bond donors (Lipinski definition) is 4. The van der Waals surface area contributed by atoms with Gasteiger partial charge in [-0.2, -0.15) is 0 Å². The van der Waals surface area contributed by atoms with Gasteiger partial charge in [-0.25, -0.2) is 4.79 Å². The molecule has 1 saturated heterocycles. The highest BCUT2D eigenvalue weighted by Gasteiger charge is 2.47. The maximum absolute atomic E-state index is 13.1. The first-order valence-corrected chi connectivity index (χ1v) is 14.6. The van der Waals surface area contributed by atoms with E-state index in [1.807, 2.05) is 0 Å². The molecule has 0 aromatic heterocycles. The van der Waals surface area contributed by atoms with E-state index >= 15 is 0 Å². The quantitative estimate of drug-likeness (QED) is 0.233. The van der Waals surface area contributed by atoms with E-state index in [0.717, 1.165) is 0 Å². The van der Waals surface area contributed by atoms with Crippen LogP contribution >= 0.6 is 11.6 Å². The molecule has 4 N–H and O–H groups in total. The Morgan fingerprint density at radius 3 is 2.40 bits per heavy atom. The Morgan fingerprint density at radius 1 is 1.02 bits per heavy atom. The molecule has 14 heteroatoms. The van der Waals surface area contributed by atoms with Crippen molar-refractivity contribution in [2.45, 2.75) is 82.9 Å². The van der Waals surface area contributed by atoms with Crippen LogP contribution in [0.4, 0.5) is 5.69 Å². The molecule has 1 heterocycles. The van der Waals surface area contributed by atoms with E-state index in [1.54, 1.807) is 45.0 Å². The standard InChI is InChI=1S/C31H40ClNO12/c1-31(2,3)45-25(36)11-7-10-24(35)33-18-9-6-8-17(12-18)16-42-22-14-21(40-4)19(13-20(22)32)29(39)44-28-26(37)23(15-34)43-30(41-5)27(28)38/h6,8-9,12-14,23,26-28,30,34,37-38H,7,10-11,15-16H2,1-5H3,(H,33,35)/t23-,26-,27-,28+,30+/m1/s1. The van der Waals surface area contributed by atoms with Crippen molar-refractivity contribution in [2.75, 3.05) is 26.1 Å². The highest BCUT2D eigenvalue weighted by molar-refractivity contribution is 6.32. The van der Waals surface area contributed by atoms with Crippen molar-refractivity contribution in [2.24, 2.45) is 0 Å². The SMILES string of the molecule is COc1cc(OCc2cccc(NC(=O)CCCC(=O)OC(C)(C)C)c2)c(Cl)cc1C(=O)O[C@@H]1[C@@H](O)[C@@H](OC)O[C@H](CO)[C@H]1O. The summed E-state index contributed by atoms with van der Waals surface area (Å²) >= 11 is 6.42. The number of esters is 2. The number of nitrogens with one attached hydrogen (secondary N) is 1. The number of carbonyl (C=O) groups is 3. The molecule has 248 valence electrons. The number of halogens is 1. The van der Waals surface area contributed by atoms with Crippen molar-refractivity contribution in [1.29, 1.82) is 0 Å². The van der Waals surface area contributed by atoms with E-state index in [2.05, 4.69) is 5.32 Å². The van der Waals surface area contributed by atoms with Gasteiger partial charge in [0.2, 0.25) is 5.91 Å². The number of methoxy groups -OCH3 is 2. The fourth-order valence-corrected chi connectivity index (χ4v) is 4.68. The molecule has 45 heavy (non-hydrogen) atoms. The van der Waals surface area contributed by atoms with Crippen molar-refractivity contribution < 1.29 is 58.1 Å². The maximum atomic E-state index is 13.1. The van der Waals surface area contributed by atoms with Crippen molar-refractivity contribution in [3.05, 3.63) is 52.5 Å². The van der Waals surface area contributed by atoms with Crippen molar-refractivity contribution in [3.63, 3.8) is 0 Å². The Balaban J connectivity index is 1.61. The lowest BCUT2D eigenvalue weighted by Gasteiger charge is -2.40. The predicted molar refractivity (Wildman–Crippen MR) is 161 cm³/mol. The van der Waals surface area contributed by atoms with Crippen molar-refractivity contribution >= 4 is 35.1 Å². The minimum absolute atomic E-state index is 0.0461. The molecule has 0 unspecified atom stereocenters. The molecule has 1 aliphatic rings. The molecule has 3 rings (SSSR count). The predicted octanol–water partition coefficient (Wildman–Crippen LogP) is 2.99. The van der Waals surface area contributed by atoms with Crippen LogP contribution in [0.15, 0.2) is 36.4 Å². The Hall–Kier alpha value is -3.46. The summed E-state index contributed by atoms with van der Waals surface area (Å²) in [5.41, 5.74) is 0.558. The van der Waals surface area contributed by atoms with Crippen molar-refractivity contribution in [3.8, 4) is 11.5 Å². The highest BCUT2D eigenvalue weighted by Crippen LogP contribution is 2.35. The summed E-state index contributed by atoms with van der Waals surface area (Å²) in [6, 6.07) is 9.62. The average Bonchev–Trinajstić information content (AvgIpc) is 2.97. The Labute approximate surface area is 266 Å². The molecule has 1 aliphatic heterocycles. The Bertz CT molecular complexity index is 1310. The van der Waals surface area contributed by atoms with Gasteiger partial charge in [0.05, 0.1) is 18.7 Å². The summed E-state index contributed by atoms with van der Waals surface area (Å²) < 4.78 is 32.1. The number of carbonyl (C=O) groups excluding carboxylic acids is 3. The zero-order valence-electron chi connectivity index (χ0n) is 25.8. The van der Waals surface area contributed by atoms with Gasteiger partial charge < -0.3 is 49.1 Å². The second-order valence-electron chi connectivity index (χ2n) is 11.3. The third kappa shape index (κ3) is 10.3. The minimum Gasteiger partial charge on any atom is -0.496 e. The zero-order valence-corrected chi connectivity index (χ0v) is 26.5. The largest absolute Gasteiger partial charge is 0.496 e. The number of aliphatic hydroxyl groups excluding tert-OH is 3. The summed E-state index contributed by atoms with van der Waals surface area (Å²) in [6.45, 7) is 4.80. The second kappa shape index (κ2) is 16.2. The molecule has 1 amide bonds. The van der Waals surface area contributed by atoms with Crippen LogP contribution < -0.4 is 14.8 Å². The van der Waals surface area contributed by atoms with Crippen LogP contribution in [0.25, 0.3) is 0 Å². The molecule has 0 spiro atoms. The first-order chi connectivity index (χ1) is 21.3. The van der Waals surface area contributed by atoms with E-state index in [0.29, 0.717) is 17.7 Å². The van der Waals surface area contributed by atoms with Crippen LogP contribution in [-0.4, -0.2) is 90.3 Å². The van der Waals surface area contributed by atoms with Gasteiger partial charge in [0.15, 0.2) is 12.4 Å². The van der Waals surface area contributed by atoms with Crippen LogP contribution in [0.2, 0.25) is 5.02 Å². The fraction of sp³-hybridized carbons (Fsp3) is 0.516. The smallest absolute Gasteiger partial charge is 0.342 e. The van der Waals surface area contributed by atoms with Gasteiger partial charge in [-0.1, -0.05) is 23.7 Å². The summed E-state index contributed by atoms with van der Waals surface area (Å²) in [4.78, 5) is 37.3. The topological polar surface area (TPSA) is 179 Å². The van der Waals surface area contributed by atoms with Crippen molar-refractivity contribution in [1.82, 2.24) is 0 Å². The third-order valence-electron chi connectivity index (χ3n) is 6.58. The molecule has 2 aromatic carbocycles. The maximum Gasteiger partial charge on any atom is 0.342 e. The molecule has 13 nitrogen and oxygen atoms in total. The molecule has 0 aliphatic carbocycles. The molecule has 0 radical (unpaired) electrons. The fourth-order valence-electron chi connectivity index (χ4n) is 4.46. The molecule has 2 aromatic rings. The number of amides is 1. The monoisotopic (exact) mass is 653 g/mol. The first kappa shape index (κ1) is 36.0. The van der Waals surface area contributed by atoms with Crippen LogP contribution in [0.5, 0.6) is 11.5 Å². The van der Waals surface area contributed by atoms with Gasteiger partial charge in [-0.3, -0.25) is 9.59 Å². The lowest BCUT2D eigenvalue weighted by atomic mass is 9.99. The van der Waals surface area contributed by atoms with Gasteiger partial charge in [0, 0.05) is 31.7 Å². The van der Waals surface area contributed by atoms with Gasteiger partial charge in [0.25, 0.3) is 0 Å². The number of anilines is 1. The normalized spacial score (nSPS) is 21.5. The molecule has 1 fully saturated rings. The molecular formula is C31H40ClNO12.